The van der Waals surface area contributed by atoms with Gasteiger partial charge in [0.15, 0.2) is 0 Å². The highest BCUT2D eigenvalue weighted by Gasteiger charge is 2.41. The maximum atomic E-state index is 10.4. The summed E-state index contributed by atoms with van der Waals surface area (Å²) in [5, 5.41) is 51.9. The van der Waals surface area contributed by atoms with Crippen molar-refractivity contribution in [2.45, 2.75) is 24.4 Å². The largest absolute Gasteiger partial charge is 0.396 e. The van der Waals surface area contributed by atoms with Crippen LogP contribution in [-0.4, -0.2) is 106 Å². The van der Waals surface area contributed by atoms with E-state index < -0.39 is 36.3 Å². The van der Waals surface area contributed by atoms with Gasteiger partial charge in [-0.15, -0.1) is 6.58 Å². The lowest BCUT2D eigenvalue weighted by Gasteiger charge is -2.44. The van der Waals surface area contributed by atoms with Crippen LogP contribution in [0, 0.1) is 11.8 Å². The maximum Gasteiger partial charge on any atom is 0.120 e. The zero-order valence-electron chi connectivity index (χ0n) is 13.6. The standard InChI is InChI=1S/C15H28N2O7/c1-2-3-23-16-4-11(9-19)15(22)13(7-16)24-17-5-10(8-18)14(21)12(20)6-17/h2,10-15,18-22H,1,3-9H2/t10-,11-,12-,13-,14-,15-/m1/s1. The average Bonchev–Trinajstić information content (AvgIpc) is 2.58. The highest BCUT2D eigenvalue weighted by atomic mass is 16.7. The Kier molecular flexibility index (Phi) is 7.54. The molecule has 0 amide bonds. The topological polar surface area (TPSA) is 126 Å². The SMILES string of the molecule is C=CCON1C[C@H](CO)[C@@H](O)[C@H](ON2C[C@H](CO)[C@@H](O)[C@H](O)C2)C1. The van der Waals surface area contributed by atoms with Crippen molar-refractivity contribution in [1.82, 2.24) is 10.1 Å². The molecule has 2 saturated heterocycles. The van der Waals surface area contributed by atoms with E-state index in [4.69, 9.17) is 9.68 Å². The van der Waals surface area contributed by atoms with Crippen LogP contribution in [0.4, 0.5) is 0 Å². The molecule has 9 nitrogen and oxygen atoms in total. The van der Waals surface area contributed by atoms with Gasteiger partial charge >= 0.3 is 0 Å². The molecule has 2 aliphatic heterocycles. The molecule has 2 rings (SSSR count). The molecular formula is C15H28N2O7. The molecule has 140 valence electrons. The Bertz CT molecular complexity index is 400. The third kappa shape index (κ3) is 4.72. The Hall–Kier alpha value is -0.620. The van der Waals surface area contributed by atoms with Crippen LogP contribution in [0.3, 0.4) is 0 Å². The molecule has 0 radical (unpaired) electrons. The summed E-state index contributed by atoms with van der Waals surface area (Å²) in [6.45, 7) is 4.34. The Morgan fingerprint density at radius 2 is 1.54 bits per heavy atom. The van der Waals surface area contributed by atoms with Gasteiger partial charge in [-0.25, -0.2) is 0 Å². The molecule has 2 aliphatic rings. The average molecular weight is 348 g/mol. The van der Waals surface area contributed by atoms with E-state index >= 15 is 0 Å². The molecule has 0 spiro atoms. The van der Waals surface area contributed by atoms with Crippen LogP contribution in [0.1, 0.15) is 0 Å². The molecule has 0 unspecified atom stereocenters. The number of nitrogens with zero attached hydrogens (tertiary/aromatic N) is 2. The predicted octanol–water partition coefficient (Wildman–Crippen LogP) is -2.66. The van der Waals surface area contributed by atoms with Crippen molar-refractivity contribution >= 4 is 0 Å². The van der Waals surface area contributed by atoms with Gasteiger partial charge in [-0.05, 0) is 0 Å². The van der Waals surface area contributed by atoms with Gasteiger partial charge in [-0.2, -0.15) is 10.1 Å². The van der Waals surface area contributed by atoms with Crippen LogP contribution in [-0.2, 0) is 9.68 Å². The fourth-order valence-corrected chi connectivity index (χ4v) is 3.10. The molecule has 0 aromatic carbocycles. The van der Waals surface area contributed by atoms with Crippen molar-refractivity contribution in [1.29, 1.82) is 0 Å². The molecule has 0 bridgehead atoms. The Morgan fingerprint density at radius 3 is 2.17 bits per heavy atom. The second-order valence-corrected chi connectivity index (χ2v) is 6.36. The zero-order valence-corrected chi connectivity index (χ0v) is 13.6. The van der Waals surface area contributed by atoms with Gasteiger partial charge in [0, 0.05) is 38.1 Å². The van der Waals surface area contributed by atoms with Crippen molar-refractivity contribution in [2.24, 2.45) is 11.8 Å². The molecule has 0 aliphatic carbocycles. The number of aliphatic hydroxyl groups is 5. The second-order valence-electron chi connectivity index (χ2n) is 6.36. The van der Waals surface area contributed by atoms with Crippen molar-refractivity contribution < 1.29 is 35.2 Å². The number of hydrogen-bond acceptors (Lipinski definition) is 9. The van der Waals surface area contributed by atoms with Crippen LogP contribution >= 0.6 is 0 Å². The van der Waals surface area contributed by atoms with Gasteiger partial charge < -0.3 is 25.5 Å². The maximum absolute atomic E-state index is 10.4. The Morgan fingerprint density at radius 1 is 0.917 bits per heavy atom. The molecule has 24 heavy (non-hydrogen) atoms. The molecule has 6 atom stereocenters. The monoisotopic (exact) mass is 348 g/mol. The minimum atomic E-state index is -1.04. The lowest BCUT2D eigenvalue weighted by molar-refractivity contribution is -0.302. The quantitative estimate of drug-likeness (QED) is 0.313. The van der Waals surface area contributed by atoms with E-state index in [0.717, 1.165) is 0 Å². The summed E-state index contributed by atoms with van der Waals surface area (Å²) < 4.78 is 0. The normalized spacial score (nSPS) is 39.0. The summed E-state index contributed by atoms with van der Waals surface area (Å²) in [5.41, 5.74) is 0. The molecular weight excluding hydrogens is 320 g/mol. The smallest absolute Gasteiger partial charge is 0.120 e. The van der Waals surface area contributed by atoms with E-state index in [2.05, 4.69) is 6.58 Å². The van der Waals surface area contributed by atoms with E-state index in [9.17, 15) is 25.5 Å². The van der Waals surface area contributed by atoms with Gasteiger partial charge in [-0.3, -0.25) is 9.68 Å². The van der Waals surface area contributed by atoms with Gasteiger partial charge in [0.1, 0.15) is 6.10 Å². The number of rotatable bonds is 7. The van der Waals surface area contributed by atoms with Crippen LogP contribution in [0.2, 0.25) is 0 Å². The summed E-state index contributed by atoms with van der Waals surface area (Å²) >= 11 is 0. The Labute approximate surface area is 141 Å². The fourth-order valence-electron chi connectivity index (χ4n) is 3.10. The number of hydrogen-bond donors (Lipinski definition) is 5. The van der Waals surface area contributed by atoms with E-state index in [-0.39, 0.29) is 32.8 Å². The molecule has 2 fully saturated rings. The third-order valence-corrected chi connectivity index (χ3v) is 4.52. The minimum Gasteiger partial charge on any atom is -0.396 e. The summed E-state index contributed by atoms with van der Waals surface area (Å²) in [4.78, 5) is 11.3. The molecule has 0 aromatic heterocycles. The number of hydroxylamine groups is 4. The number of aliphatic hydroxyl groups excluding tert-OH is 5. The van der Waals surface area contributed by atoms with Crippen molar-refractivity contribution in [3.63, 3.8) is 0 Å². The molecule has 2 heterocycles. The number of piperidine rings is 2. The number of β-amino-alcohol motifs (C(OH)–C–C–N with tert-alkyl or cyclic N) is 1. The first-order chi connectivity index (χ1) is 11.5. The van der Waals surface area contributed by atoms with E-state index in [1.165, 1.54) is 5.06 Å². The third-order valence-electron chi connectivity index (χ3n) is 4.52. The minimum absolute atomic E-state index is 0.0677. The second kappa shape index (κ2) is 9.18. The predicted molar refractivity (Wildman–Crippen MR) is 83.3 cm³/mol. The van der Waals surface area contributed by atoms with E-state index in [1.807, 2.05) is 0 Å². The summed E-state index contributed by atoms with van der Waals surface area (Å²) in [5.74, 6) is -0.959. The lowest BCUT2D eigenvalue weighted by Crippen LogP contribution is -2.59. The van der Waals surface area contributed by atoms with Crippen LogP contribution in [0.15, 0.2) is 12.7 Å². The van der Waals surface area contributed by atoms with Gasteiger partial charge in [0.05, 0.1) is 38.0 Å². The zero-order chi connectivity index (χ0) is 17.7. The summed E-state index contributed by atoms with van der Waals surface area (Å²) in [6.07, 6.45) is -2.01. The highest BCUT2D eigenvalue weighted by Crippen LogP contribution is 2.24. The lowest BCUT2D eigenvalue weighted by atomic mass is 9.93. The van der Waals surface area contributed by atoms with Crippen LogP contribution < -0.4 is 0 Å². The first kappa shape index (κ1) is 19.7. The molecule has 9 heteroatoms. The van der Waals surface area contributed by atoms with Crippen molar-refractivity contribution in [3.8, 4) is 0 Å². The van der Waals surface area contributed by atoms with Gasteiger partial charge in [-0.1, -0.05) is 6.08 Å². The highest BCUT2D eigenvalue weighted by molar-refractivity contribution is 4.87. The molecule has 5 N–H and O–H groups in total. The van der Waals surface area contributed by atoms with Crippen molar-refractivity contribution in [2.75, 3.05) is 46.0 Å². The first-order valence-electron chi connectivity index (χ1n) is 8.16. The van der Waals surface area contributed by atoms with Gasteiger partial charge in [0.25, 0.3) is 0 Å². The van der Waals surface area contributed by atoms with E-state index in [0.29, 0.717) is 13.2 Å². The fraction of sp³-hybridized carbons (Fsp3) is 0.867. The van der Waals surface area contributed by atoms with Crippen LogP contribution in [0.5, 0.6) is 0 Å². The van der Waals surface area contributed by atoms with Crippen molar-refractivity contribution in [3.05, 3.63) is 12.7 Å². The summed E-state index contributed by atoms with van der Waals surface area (Å²) in [7, 11) is 0. The van der Waals surface area contributed by atoms with Gasteiger partial charge in [0.2, 0.25) is 0 Å². The van der Waals surface area contributed by atoms with Crippen LogP contribution in [0.25, 0.3) is 0 Å². The first-order valence-corrected chi connectivity index (χ1v) is 8.16. The van der Waals surface area contributed by atoms with E-state index in [1.54, 1.807) is 11.1 Å². The molecule has 0 aromatic rings. The summed E-state index contributed by atoms with van der Waals surface area (Å²) in [6, 6.07) is 0. The molecule has 0 saturated carbocycles. The Balaban J connectivity index is 1.98.